The van der Waals surface area contributed by atoms with Gasteiger partial charge in [-0.2, -0.15) is 0 Å². The number of hydrogen-bond acceptors (Lipinski definition) is 8. The van der Waals surface area contributed by atoms with E-state index in [0.717, 1.165) is 35.8 Å². The molecule has 2 saturated carbocycles. The van der Waals surface area contributed by atoms with Crippen molar-refractivity contribution in [2.24, 2.45) is 34.5 Å². The average Bonchev–Trinajstić information content (AvgIpc) is 3.23. The summed E-state index contributed by atoms with van der Waals surface area (Å²) in [5, 5.41) is 10.4. The summed E-state index contributed by atoms with van der Waals surface area (Å²) in [4.78, 5) is 47.9. The molecule has 0 heterocycles. The Bertz CT molecular complexity index is 2110. The monoisotopic (exact) mass is 880 g/mol. The molecule has 2 aliphatic carbocycles. The molecule has 2 aromatic carbocycles. The van der Waals surface area contributed by atoms with Gasteiger partial charge in [-0.1, -0.05) is 112 Å². The molecule has 2 fully saturated rings. The molecule has 61 heavy (non-hydrogen) atoms. The molecule has 4 rings (SSSR count). The van der Waals surface area contributed by atoms with Crippen LogP contribution in [0.1, 0.15) is 124 Å². The van der Waals surface area contributed by atoms with Crippen molar-refractivity contribution in [3.8, 4) is 23.0 Å². The lowest BCUT2D eigenvalue weighted by atomic mass is 9.61. The van der Waals surface area contributed by atoms with Crippen molar-refractivity contribution in [2.45, 2.75) is 108 Å². The molecule has 0 aliphatic heterocycles. The Morgan fingerprint density at radius 2 is 1.07 bits per heavy atom. The summed E-state index contributed by atoms with van der Waals surface area (Å²) in [6.45, 7) is 20.2. The van der Waals surface area contributed by atoms with E-state index in [1.54, 1.807) is 28.1 Å². The Morgan fingerprint density at radius 1 is 0.689 bits per heavy atom. The molecule has 334 valence electrons. The number of aromatic carboxylic acids is 1. The van der Waals surface area contributed by atoms with E-state index in [4.69, 9.17) is 42.1 Å². The van der Waals surface area contributed by atoms with E-state index in [-0.39, 0.29) is 39.0 Å². The van der Waals surface area contributed by atoms with Crippen molar-refractivity contribution in [1.29, 1.82) is 0 Å². The van der Waals surface area contributed by atoms with Crippen LogP contribution < -0.4 is 18.9 Å². The first-order valence-corrected chi connectivity index (χ1v) is 21.7. The van der Waals surface area contributed by atoms with E-state index in [9.17, 15) is 24.3 Å². The van der Waals surface area contributed by atoms with Crippen molar-refractivity contribution in [3.63, 3.8) is 0 Å². The number of carbonyl (C=O) groups is 4. The number of Topliss-reactive ketones (excluding diaryl/α,β-unsaturated/α-hetero) is 2. The molecule has 1 N–H and O–H groups in total. The second-order valence-electron chi connectivity index (χ2n) is 17.1. The summed E-state index contributed by atoms with van der Waals surface area (Å²) in [7, 11) is 6.05. The van der Waals surface area contributed by atoms with Crippen molar-refractivity contribution in [2.75, 3.05) is 28.4 Å². The number of carbonyl (C=O) groups excluding carboxylic acids is 3. The lowest BCUT2D eigenvalue weighted by Crippen LogP contribution is -2.40. The van der Waals surface area contributed by atoms with Crippen LogP contribution in [0.5, 0.6) is 23.0 Å². The molecule has 0 aromatic heterocycles. The molecule has 2 aliphatic rings. The highest BCUT2D eigenvalue weighted by atomic mass is 35.5. The number of carboxylic acid groups (broad SMARTS) is 1. The van der Waals surface area contributed by atoms with Gasteiger partial charge in [0.2, 0.25) is 0 Å². The third kappa shape index (κ3) is 10.8. The minimum atomic E-state index is -1.10. The van der Waals surface area contributed by atoms with Gasteiger partial charge in [0.05, 0.1) is 44.0 Å². The Labute approximate surface area is 373 Å². The fourth-order valence-corrected chi connectivity index (χ4v) is 9.15. The van der Waals surface area contributed by atoms with Crippen LogP contribution >= 0.6 is 23.2 Å². The lowest BCUT2D eigenvalue weighted by Gasteiger charge is -2.42. The smallest absolute Gasteiger partial charge is 0.339 e. The fourth-order valence-electron chi connectivity index (χ4n) is 8.57. The zero-order valence-electron chi connectivity index (χ0n) is 38.6. The summed E-state index contributed by atoms with van der Waals surface area (Å²) in [5.74, 6) is 2.10. The molecule has 0 spiro atoms. The van der Waals surface area contributed by atoms with Gasteiger partial charge in [-0.15, -0.1) is 0 Å². The molecule has 11 heteroatoms. The first-order chi connectivity index (χ1) is 28.6. The van der Waals surface area contributed by atoms with E-state index in [0.29, 0.717) is 93.6 Å². The van der Waals surface area contributed by atoms with Gasteiger partial charge in [0, 0.05) is 35.8 Å². The third-order valence-corrected chi connectivity index (χ3v) is 14.7. The Morgan fingerprint density at radius 3 is 1.43 bits per heavy atom. The van der Waals surface area contributed by atoms with Gasteiger partial charge in [-0.25, -0.2) is 4.79 Å². The highest BCUT2D eigenvalue weighted by Crippen LogP contribution is 2.47. The molecule has 9 nitrogen and oxygen atoms in total. The van der Waals surface area contributed by atoms with Crippen LogP contribution in [0.25, 0.3) is 0 Å². The van der Waals surface area contributed by atoms with Crippen LogP contribution in [0.3, 0.4) is 0 Å². The normalized spacial score (nSPS) is 24.7. The third-order valence-electron chi connectivity index (χ3n) is 13.8. The Kier molecular flexibility index (Phi) is 18.1. The van der Waals surface area contributed by atoms with Crippen LogP contribution in [0.2, 0.25) is 10.0 Å². The van der Waals surface area contributed by atoms with Gasteiger partial charge in [0.25, 0.3) is 0 Å². The number of benzene rings is 2. The maximum absolute atomic E-state index is 12.3. The lowest BCUT2D eigenvalue weighted by molar-refractivity contribution is -0.130. The minimum absolute atomic E-state index is 0.0107. The van der Waals surface area contributed by atoms with Crippen molar-refractivity contribution in [1.82, 2.24) is 0 Å². The highest BCUT2D eigenvalue weighted by molar-refractivity contribution is 6.34. The van der Waals surface area contributed by atoms with Crippen LogP contribution in [0, 0.1) is 48.3 Å². The van der Waals surface area contributed by atoms with E-state index >= 15 is 0 Å². The van der Waals surface area contributed by atoms with E-state index in [1.165, 1.54) is 14.2 Å². The van der Waals surface area contributed by atoms with E-state index < -0.39 is 5.97 Å². The molecule has 0 saturated heterocycles. The summed E-state index contributed by atoms with van der Waals surface area (Å²) >= 11 is 12.9. The number of aldehydes is 1. The first-order valence-electron chi connectivity index (χ1n) is 20.9. The van der Waals surface area contributed by atoms with Gasteiger partial charge < -0.3 is 24.1 Å². The molecule has 0 bridgehead atoms. The number of rotatable bonds is 14. The SMILES string of the molecule is COc1c(Cl)c(C)c(C(=O)O)c(OC)c1C/C=C(C)/C=C/C1(C)C(C)CCC(=O)C1C.COc1c(Cl)c(C)c(C=O)c(OC)c1C/C=C(C)/C=C/C1(C)C(C)CCC(=O)C1C. The number of ether oxygens (including phenoxy) is 4. The summed E-state index contributed by atoms with van der Waals surface area (Å²) in [5.41, 5.74) is 4.57. The zero-order valence-corrected chi connectivity index (χ0v) is 40.1. The summed E-state index contributed by atoms with van der Waals surface area (Å²) in [6.07, 6.45) is 17.3. The van der Waals surface area contributed by atoms with Crippen molar-refractivity contribution in [3.05, 3.63) is 91.0 Å². The number of hydrogen-bond donors (Lipinski definition) is 1. The van der Waals surface area contributed by atoms with Gasteiger partial charge in [0.15, 0.2) is 6.29 Å². The van der Waals surface area contributed by atoms with Crippen LogP contribution in [0.15, 0.2) is 47.6 Å². The van der Waals surface area contributed by atoms with Gasteiger partial charge in [0.1, 0.15) is 40.1 Å². The summed E-state index contributed by atoms with van der Waals surface area (Å²) < 4.78 is 22.0. The Hall–Kier alpha value is -4.34. The zero-order chi connectivity index (χ0) is 46.1. The predicted molar refractivity (Wildman–Crippen MR) is 245 cm³/mol. The van der Waals surface area contributed by atoms with E-state index in [1.807, 2.05) is 39.8 Å². The maximum atomic E-state index is 12.3. The van der Waals surface area contributed by atoms with Crippen LogP contribution in [0.4, 0.5) is 0 Å². The largest absolute Gasteiger partial charge is 0.496 e. The second-order valence-corrected chi connectivity index (χ2v) is 17.9. The standard InChI is InChI=1S/C25H33ClO5.C25H33ClO4/c1-14(12-13-25(5)15(2)9-11-19(27)17(25)4)8-10-18-22(30-6)20(24(28)29)16(3)21(26)23(18)31-7;1-15(12-13-25(5)16(2)9-11-21(28)18(25)4)8-10-19-23(29-6)20(14-27)17(3)22(26)24(19)30-7/h8,12-13,15,17H,9-11H2,1-7H3,(H,28,29);8,12-14,16,18H,9-11H2,1-7H3/b13-12+,14-8+;13-12+,15-8+. The minimum Gasteiger partial charge on any atom is -0.496 e. The molecule has 6 atom stereocenters. The van der Waals surface area contributed by atoms with Crippen LogP contribution in [-0.2, 0) is 22.4 Å². The molecule has 0 radical (unpaired) electrons. The van der Waals surface area contributed by atoms with Gasteiger partial charge >= 0.3 is 5.97 Å². The fraction of sp³-hybridized carbons (Fsp3) is 0.520. The number of ketones is 2. The Balaban J connectivity index is 0.000000325. The second kappa shape index (κ2) is 21.6. The number of halogens is 2. The molecule has 6 unspecified atom stereocenters. The van der Waals surface area contributed by atoms with E-state index in [2.05, 4.69) is 52.0 Å². The number of carboxylic acids is 1. The van der Waals surface area contributed by atoms with Crippen LogP contribution in [-0.4, -0.2) is 57.4 Å². The quantitative estimate of drug-likeness (QED) is 0.146. The van der Waals surface area contributed by atoms with Gasteiger partial charge in [-0.05, 0) is 87.2 Å². The predicted octanol–water partition coefficient (Wildman–Crippen LogP) is 12.2. The van der Waals surface area contributed by atoms with Gasteiger partial charge in [-0.3, -0.25) is 14.4 Å². The number of methoxy groups -OCH3 is 4. The highest BCUT2D eigenvalue weighted by Gasteiger charge is 2.42. The van der Waals surface area contributed by atoms with Crippen molar-refractivity contribution >= 4 is 47.0 Å². The maximum Gasteiger partial charge on any atom is 0.339 e. The topological polar surface area (TPSA) is 125 Å². The first kappa shape index (κ1) is 51.0. The molecular formula is C50H66Cl2O9. The molecular weight excluding hydrogens is 815 g/mol. The molecule has 2 aromatic rings. The molecule has 0 amide bonds. The number of allylic oxidation sites excluding steroid dienone is 8. The average molecular weight is 882 g/mol. The summed E-state index contributed by atoms with van der Waals surface area (Å²) in [6, 6.07) is 0. The van der Waals surface area contributed by atoms with Crippen molar-refractivity contribution < 1.29 is 43.2 Å².